The summed E-state index contributed by atoms with van der Waals surface area (Å²) in [7, 11) is 1.67. The number of allylic oxidation sites excluding steroid dienone is 2. The van der Waals surface area contributed by atoms with E-state index in [4.69, 9.17) is 4.74 Å². The van der Waals surface area contributed by atoms with Gasteiger partial charge in [-0.05, 0) is 18.9 Å². The average molecular weight is 140 g/mol. The highest BCUT2D eigenvalue weighted by Gasteiger charge is 2.12. The maximum absolute atomic E-state index is 10.3. The van der Waals surface area contributed by atoms with Crippen LogP contribution in [-0.4, -0.2) is 13.4 Å². The van der Waals surface area contributed by atoms with E-state index in [2.05, 4.69) is 0 Å². The summed E-state index contributed by atoms with van der Waals surface area (Å²) in [5.41, 5.74) is 0. The Kier molecular flexibility index (Phi) is 2.49. The van der Waals surface area contributed by atoms with Crippen LogP contribution in [0.1, 0.15) is 19.3 Å². The molecule has 56 valence electrons. The first kappa shape index (κ1) is 7.32. The van der Waals surface area contributed by atoms with E-state index < -0.39 is 0 Å². The van der Waals surface area contributed by atoms with Gasteiger partial charge in [-0.2, -0.15) is 0 Å². The molecule has 0 aromatic heterocycles. The molecular formula is C8H12O2. The molecule has 0 bridgehead atoms. The van der Waals surface area contributed by atoms with Crippen molar-refractivity contribution in [3.63, 3.8) is 0 Å². The lowest BCUT2D eigenvalue weighted by molar-refractivity contribution is -0.111. The zero-order valence-electron chi connectivity index (χ0n) is 6.17. The zero-order chi connectivity index (χ0) is 7.40. The van der Waals surface area contributed by atoms with Gasteiger partial charge in [-0.1, -0.05) is 0 Å². The lowest BCUT2D eigenvalue weighted by atomic mass is 9.95. The van der Waals surface area contributed by atoms with Crippen LogP contribution in [0, 0.1) is 5.92 Å². The van der Waals surface area contributed by atoms with Crippen LogP contribution in [-0.2, 0) is 9.53 Å². The van der Waals surface area contributed by atoms with Crippen LogP contribution in [0.3, 0.4) is 0 Å². The molecule has 10 heavy (non-hydrogen) atoms. The number of rotatable bonds is 2. The summed E-state index contributed by atoms with van der Waals surface area (Å²) >= 11 is 0. The number of hydrogen-bond acceptors (Lipinski definition) is 2. The molecule has 1 aliphatic carbocycles. The molecule has 0 aromatic rings. The first-order chi connectivity index (χ1) is 4.86. The van der Waals surface area contributed by atoms with Crippen LogP contribution in [0.15, 0.2) is 11.8 Å². The molecule has 0 aromatic carbocycles. The van der Waals surface area contributed by atoms with Crippen molar-refractivity contribution >= 4 is 6.29 Å². The minimum Gasteiger partial charge on any atom is -0.501 e. The van der Waals surface area contributed by atoms with E-state index in [0.29, 0.717) is 0 Å². The topological polar surface area (TPSA) is 26.3 Å². The highest BCUT2D eigenvalue weighted by Crippen LogP contribution is 2.21. The van der Waals surface area contributed by atoms with Crippen molar-refractivity contribution in [1.82, 2.24) is 0 Å². The van der Waals surface area contributed by atoms with Crippen LogP contribution in [0.25, 0.3) is 0 Å². The fraction of sp³-hybridized carbons (Fsp3) is 0.625. The van der Waals surface area contributed by atoms with Crippen molar-refractivity contribution in [1.29, 1.82) is 0 Å². The minimum atomic E-state index is 0.235. The van der Waals surface area contributed by atoms with Crippen LogP contribution in [0.2, 0.25) is 0 Å². The summed E-state index contributed by atoms with van der Waals surface area (Å²) in [6.07, 6.45) is 5.75. The fourth-order valence-corrected chi connectivity index (χ4v) is 1.14. The Morgan fingerprint density at radius 1 is 1.80 bits per heavy atom. The predicted octanol–water partition coefficient (Wildman–Crippen LogP) is 1.52. The Hall–Kier alpha value is -0.790. The van der Waals surface area contributed by atoms with Crippen LogP contribution >= 0.6 is 0 Å². The van der Waals surface area contributed by atoms with Gasteiger partial charge in [-0.25, -0.2) is 0 Å². The van der Waals surface area contributed by atoms with E-state index in [1.807, 2.05) is 6.08 Å². The molecule has 0 saturated carbocycles. The maximum Gasteiger partial charge on any atom is 0.123 e. The molecule has 0 radical (unpaired) electrons. The largest absolute Gasteiger partial charge is 0.501 e. The minimum absolute atomic E-state index is 0.235. The monoisotopic (exact) mass is 140 g/mol. The maximum atomic E-state index is 10.3. The lowest BCUT2D eigenvalue weighted by Gasteiger charge is -2.15. The molecule has 0 spiro atoms. The molecule has 0 aliphatic heterocycles. The van der Waals surface area contributed by atoms with Gasteiger partial charge in [0.25, 0.3) is 0 Å². The van der Waals surface area contributed by atoms with Crippen molar-refractivity contribution in [2.24, 2.45) is 5.92 Å². The van der Waals surface area contributed by atoms with E-state index in [9.17, 15) is 4.79 Å². The molecule has 0 fully saturated rings. The summed E-state index contributed by atoms with van der Waals surface area (Å²) in [6, 6.07) is 0. The molecule has 2 nitrogen and oxygen atoms in total. The number of carbonyl (C=O) groups is 1. The number of methoxy groups -OCH3 is 1. The van der Waals surface area contributed by atoms with Gasteiger partial charge in [0.1, 0.15) is 6.29 Å². The molecule has 1 atom stereocenters. The summed E-state index contributed by atoms with van der Waals surface area (Å²) < 4.78 is 5.03. The Labute approximate surface area is 60.9 Å². The van der Waals surface area contributed by atoms with Gasteiger partial charge in [0.05, 0.1) is 12.9 Å². The van der Waals surface area contributed by atoms with Gasteiger partial charge in [0.2, 0.25) is 0 Å². The van der Waals surface area contributed by atoms with E-state index in [1.54, 1.807) is 7.11 Å². The van der Waals surface area contributed by atoms with Crippen molar-refractivity contribution in [2.75, 3.05) is 7.11 Å². The summed E-state index contributed by atoms with van der Waals surface area (Å²) in [5, 5.41) is 0. The van der Waals surface area contributed by atoms with Crippen molar-refractivity contribution < 1.29 is 9.53 Å². The summed E-state index contributed by atoms with van der Waals surface area (Å²) in [6.45, 7) is 0. The van der Waals surface area contributed by atoms with Gasteiger partial charge >= 0.3 is 0 Å². The Bertz CT molecular complexity index is 149. The zero-order valence-corrected chi connectivity index (χ0v) is 6.17. The molecule has 1 aliphatic rings. The van der Waals surface area contributed by atoms with Crippen molar-refractivity contribution in [3.8, 4) is 0 Å². The molecule has 0 heterocycles. The van der Waals surface area contributed by atoms with Gasteiger partial charge in [-0.15, -0.1) is 0 Å². The standard InChI is InChI=1S/C8H12O2/c1-10-8-4-2-7(6-9)3-5-8/h4,6-7H,2-3,5H2,1H3/t7-/m0/s1. The van der Waals surface area contributed by atoms with Crippen LogP contribution < -0.4 is 0 Å². The van der Waals surface area contributed by atoms with E-state index >= 15 is 0 Å². The summed E-state index contributed by atoms with van der Waals surface area (Å²) in [4.78, 5) is 10.3. The predicted molar refractivity (Wildman–Crippen MR) is 38.5 cm³/mol. The SMILES string of the molecule is COC1=CC[C@H](C=O)CC1. The number of hydrogen-bond donors (Lipinski definition) is 0. The second-order valence-corrected chi connectivity index (χ2v) is 2.55. The third-order valence-corrected chi connectivity index (χ3v) is 1.86. The van der Waals surface area contributed by atoms with Crippen molar-refractivity contribution in [3.05, 3.63) is 11.8 Å². The summed E-state index contributed by atoms with van der Waals surface area (Å²) in [5.74, 6) is 1.26. The highest BCUT2D eigenvalue weighted by molar-refractivity contribution is 5.54. The van der Waals surface area contributed by atoms with Gasteiger partial charge in [-0.3, -0.25) is 0 Å². The van der Waals surface area contributed by atoms with Crippen molar-refractivity contribution in [2.45, 2.75) is 19.3 Å². The Balaban J connectivity index is 2.43. The number of ether oxygens (including phenoxy) is 1. The molecule has 0 N–H and O–H groups in total. The molecule has 0 saturated heterocycles. The van der Waals surface area contributed by atoms with E-state index in [0.717, 1.165) is 31.3 Å². The normalized spacial score (nSPS) is 25.3. The number of aldehydes is 1. The molecule has 0 amide bonds. The second-order valence-electron chi connectivity index (χ2n) is 2.55. The molecule has 0 unspecified atom stereocenters. The van der Waals surface area contributed by atoms with Gasteiger partial charge in [0, 0.05) is 12.3 Å². The fourth-order valence-electron chi connectivity index (χ4n) is 1.14. The quantitative estimate of drug-likeness (QED) is 0.543. The first-order valence-corrected chi connectivity index (χ1v) is 3.55. The second kappa shape index (κ2) is 3.40. The van der Waals surface area contributed by atoms with Gasteiger partial charge in [0.15, 0.2) is 0 Å². The third kappa shape index (κ3) is 1.59. The van der Waals surface area contributed by atoms with E-state index in [1.165, 1.54) is 0 Å². The van der Waals surface area contributed by atoms with Gasteiger partial charge < -0.3 is 9.53 Å². The first-order valence-electron chi connectivity index (χ1n) is 3.55. The number of carbonyl (C=O) groups excluding carboxylic acids is 1. The smallest absolute Gasteiger partial charge is 0.123 e. The van der Waals surface area contributed by atoms with E-state index in [-0.39, 0.29) is 5.92 Å². The average Bonchev–Trinajstić information content (AvgIpc) is 2.05. The Morgan fingerprint density at radius 2 is 2.60 bits per heavy atom. The van der Waals surface area contributed by atoms with Crippen LogP contribution in [0.5, 0.6) is 0 Å². The Morgan fingerprint density at radius 3 is 3.00 bits per heavy atom. The molecule has 2 heteroatoms. The lowest BCUT2D eigenvalue weighted by Crippen LogP contribution is -2.07. The molecular weight excluding hydrogens is 128 g/mol. The third-order valence-electron chi connectivity index (χ3n) is 1.86. The van der Waals surface area contributed by atoms with Crippen LogP contribution in [0.4, 0.5) is 0 Å². The molecule has 1 rings (SSSR count). The highest BCUT2D eigenvalue weighted by atomic mass is 16.5.